The largest absolute Gasteiger partial charge is 0.353 e. The average molecular weight is 452 g/mol. The van der Waals surface area contributed by atoms with Crippen LogP contribution in [0.5, 0.6) is 0 Å². The second kappa shape index (κ2) is 7.87. The lowest BCUT2D eigenvalue weighted by molar-refractivity contribution is -0.123. The van der Waals surface area contributed by atoms with Crippen molar-refractivity contribution in [2.45, 2.75) is 31.6 Å². The van der Waals surface area contributed by atoms with Crippen LogP contribution in [0.3, 0.4) is 0 Å². The van der Waals surface area contributed by atoms with Crippen LogP contribution in [-0.4, -0.2) is 51.3 Å². The van der Waals surface area contributed by atoms with E-state index < -0.39 is 0 Å². The van der Waals surface area contributed by atoms with E-state index in [2.05, 4.69) is 32.4 Å². The minimum Gasteiger partial charge on any atom is -0.353 e. The number of piperazine rings is 1. The highest BCUT2D eigenvalue weighted by Gasteiger charge is 2.47. The van der Waals surface area contributed by atoms with Gasteiger partial charge in [-0.15, -0.1) is 0 Å². The van der Waals surface area contributed by atoms with Crippen molar-refractivity contribution in [3.63, 3.8) is 0 Å². The van der Waals surface area contributed by atoms with E-state index in [1.165, 1.54) is 5.56 Å². The Labute approximate surface area is 198 Å². The van der Waals surface area contributed by atoms with E-state index in [4.69, 9.17) is 0 Å². The molecule has 6 rings (SSSR count). The molecule has 1 N–H and O–H groups in total. The summed E-state index contributed by atoms with van der Waals surface area (Å²) >= 11 is 0. The summed E-state index contributed by atoms with van der Waals surface area (Å²) < 4.78 is 0. The zero-order chi connectivity index (χ0) is 23.3. The third kappa shape index (κ3) is 3.57. The van der Waals surface area contributed by atoms with Crippen LogP contribution in [0.4, 0.5) is 0 Å². The first-order valence-corrected chi connectivity index (χ1v) is 11.7. The van der Waals surface area contributed by atoms with Gasteiger partial charge in [-0.1, -0.05) is 12.1 Å². The van der Waals surface area contributed by atoms with Crippen molar-refractivity contribution in [1.82, 2.24) is 25.2 Å². The van der Waals surface area contributed by atoms with Gasteiger partial charge < -0.3 is 10.2 Å². The first-order valence-electron chi connectivity index (χ1n) is 11.7. The highest BCUT2D eigenvalue weighted by Crippen LogP contribution is 2.56. The quantitative estimate of drug-likeness (QED) is 0.660. The van der Waals surface area contributed by atoms with Crippen LogP contribution in [0.1, 0.15) is 52.1 Å². The van der Waals surface area contributed by atoms with E-state index in [9.17, 15) is 9.59 Å². The van der Waals surface area contributed by atoms with Gasteiger partial charge in [0.1, 0.15) is 0 Å². The molecule has 3 aromatic rings. The van der Waals surface area contributed by atoms with Crippen LogP contribution in [0.2, 0.25) is 0 Å². The van der Waals surface area contributed by atoms with Gasteiger partial charge in [-0.25, -0.2) is 9.97 Å². The molecule has 2 aromatic heterocycles. The molecule has 1 saturated heterocycles. The molecular weight excluding hydrogens is 426 g/mol. The Morgan fingerprint density at radius 1 is 1.09 bits per heavy atom. The van der Waals surface area contributed by atoms with Crippen molar-refractivity contribution in [3.8, 4) is 11.3 Å². The number of hydrogen-bond acceptors (Lipinski definition) is 5. The number of allylic oxidation sites excluding steroid dienone is 1. The fraction of sp³-hybridized carbons (Fsp3) is 0.296. The molecule has 7 nitrogen and oxygen atoms in total. The first kappa shape index (κ1) is 20.7. The van der Waals surface area contributed by atoms with E-state index in [0.717, 1.165) is 47.2 Å². The Bertz CT molecular complexity index is 1340. The molecule has 1 saturated carbocycles. The highest BCUT2D eigenvalue weighted by molar-refractivity contribution is 5.98. The van der Waals surface area contributed by atoms with E-state index in [1.54, 1.807) is 11.1 Å². The van der Waals surface area contributed by atoms with Gasteiger partial charge in [0.15, 0.2) is 5.82 Å². The van der Waals surface area contributed by atoms with Gasteiger partial charge in [-0.2, -0.15) is 0 Å². The van der Waals surface area contributed by atoms with Crippen molar-refractivity contribution in [2.24, 2.45) is 0 Å². The molecule has 34 heavy (non-hydrogen) atoms. The molecule has 2 aliphatic carbocycles. The molecule has 0 radical (unpaired) electrons. The number of rotatable bonds is 3. The van der Waals surface area contributed by atoms with E-state index in [-0.39, 0.29) is 23.8 Å². The summed E-state index contributed by atoms with van der Waals surface area (Å²) in [5, 5.41) is 2.77. The smallest absolute Gasteiger partial charge is 0.254 e. The van der Waals surface area contributed by atoms with Gasteiger partial charge in [0.2, 0.25) is 5.91 Å². The molecule has 170 valence electrons. The number of benzene rings is 1. The van der Waals surface area contributed by atoms with Crippen LogP contribution < -0.4 is 5.32 Å². The fourth-order valence-electron chi connectivity index (χ4n) is 5.00. The average Bonchev–Trinajstić information content (AvgIpc) is 3.64. The Balaban J connectivity index is 1.35. The number of aromatic nitrogens is 3. The Kier molecular flexibility index (Phi) is 4.79. The van der Waals surface area contributed by atoms with Crippen molar-refractivity contribution in [3.05, 3.63) is 83.1 Å². The molecule has 2 amide bonds. The predicted octanol–water partition coefficient (Wildman–Crippen LogP) is 3.29. The number of nitrogens with one attached hydrogen (secondary N) is 1. The maximum atomic E-state index is 13.2. The Hall–Kier alpha value is -3.87. The molecule has 3 aliphatic rings. The minimum absolute atomic E-state index is 0.0973. The highest BCUT2D eigenvalue weighted by atomic mass is 16.2. The number of hydrogen-bond donors (Lipinski definition) is 1. The molecule has 0 bridgehead atoms. The van der Waals surface area contributed by atoms with Crippen molar-refractivity contribution in [1.29, 1.82) is 0 Å². The van der Waals surface area contributed by atoms with E-state index in [1.807, 2.05) is 43.6 Å². The second-order valence-electron chi connectivity index (χ2n) is 9.45. The summed E-state index contributed by atoms with van der Waals surface area (Å²) in [6, 6.07) is 9.95. The van der Waals surface area contributed by atoms with Gasteiger partial charge in [-0.3, -0.25) is 14.6 Å². The van der Waals surface area contributed by atoms with E-state index in [0.29, 0.717) is 24.5 Å². The van der Waals surface area contributed by atoms with Gasteiger partial charge in [-0.05, 0) is 72.6 Å². The van der Waals surface area contributed by atoms with Gasteiger partial charge in [0, 0.05) is 48.4 Å². The molecule has 0 atom stereocenters. The Morgan fingerprint density at radius 3 is 2.65 bits per heavy atom. The third-order valence-electron chi connectivity index (χ3n) is 7.11. The molecule has 7 heteroatoms. The van der Waals surface area contributed by atoms with Crippen LogP contribution in [0.15, 0.2) is 55.0 Å². The molecule has 0 unspecified atom stereocenters. The lowest BCUT2D eigenvalue weighted by Gasteiger charge is -2.28. The van der Waals surface area contributed by atoms with Gasteiger partial charge in [0.05, 0.1) is 12.2 Å². The molecule has 1 spiro atoms. The number of pyridine rings is 1. The summed E-state index contributed by atoms with van der Waals surface area (Å²) in [7, 11) is 0. The lowest BCUT2D eigenvalue weighted by Crippen LogP contribution is -2.50. The van der Waals surface area contributed by atoms with Crippen LogP contribution in [-0.2, 0) is 10.2 Å². The number of fused-ring (bicyclic) bond motifs is 2. The lowest BCUT2D eigenvalue weighted by atomic mass is 9.79. The molecule has 1 aromatic carbocycles. The number of carbonyl (C=O) groups excluding carboxylic acids is 2. The summed E-state index contributed by atoms with van der Waals surface area (Å²) in [4.78, 5) is 40.4. The van der Waals surface area contributed by atoms with Gasteiger partial charge in [0.25, 0.3) is 5.91 Å². The normalized spacial score (nSPS) is 18.2. The summed E-state index contributed by atoms with van der Waals surface area (Å²) in [5.74, 6) is 0.413. The maximum Gasteiger partial charge on any atom is 0.254 e. The fourth-order valence-corrected chi connectivity index (χ4v) is 5.00. The number of carbonyl (C=O) groups is 2. The first-order chi connectivity index (χ1) is 16.5. The summed E-state index contributed by atoms with van der Waals surface area (Å²) in [5.41, 5.74) is 6.88. The van der Waals surface area contributed by atoms with Crippen LogP contribution in [0, 0.1) is 6.92 Å². The molecular formula is C27H25N5O2. The molecule has 1 aliphatic heterocycles. The van der Waals surface area contributed by atoms with Crippen molar-refractivity contribution in [2.75, 3.05) is 19.6 Å². The van der Waals surface area contributed by atoms with Crippen LogP contribution in [0.25, 0.3) is 16.8 Å². The summed E-state index contributed by atoms with van der Waals surface area (Å²) in [6.45, 7) is 3.14. The van der Waals surface area contributed by atoms with E-state index >= 15 is 0 Å². The zero-order valence-electron chi connectivity index (χ0n) is 19.0. The van der Waals surface area contributed by atoms with Gasteiger partial charge >= 0.3 is 0 Å². The SMILES string of the molecule is Cc1ccnc(-c2cnc(C3=CCC4(CC4)c4ccc(C(=O)N5CCNC(=O)C5)cc43)nc2)c1. The third-order valence-corrected chi connectivity index (χ3v) is 7.11. The monoisotopic (exact) mass is 451 g/mol. The van der Waals surface area contributed by atoms with Crippen molar-refractivity contribution < 1.29 is 9.59 Å². The zero-order valence-corrected chi connectivity index (χ0v) is 19.0. The molecule has 3 heterocycles. The predicted molar refractivity (Wildman–Crippen MR) is 128 cm³/mol. The number of nitrogens with zero attached hydrogens (tertiary/aromatic N) is 4. The molecule has 2 fully saturated rings. The van der Waals surface area contributed by atoms with Crippen LogP contribution >= 0.6 is 0 Å². The number of amides is 2. The number of aryl methyl sites for hydroxylation is 1. The minimum atomic E-state index is -0.119. The summed E-state index contributed by atoms with van der Waals surface area (Å²) in [6.07, 6.45) is 10.9. The maximum absolute atomic E-state index is 13.2. The second-order valence-corrected chi connectivity index (χ2v) is 9.45. The standard InChI is InChI=1S/C27H25N5O2/c1-17-5-9-28-23(12-17)19-14-30-25(31-15-19)20-4-6-27(7-8-27)22-3-2-18(13-21(20)22)26(34)32-11-10-29-24(33)16-32/h2-5,9,12-15H,6-8,10-11,16H2,1H3,(H,29,33). The topological polar surface area (TPSA) is 88.1 Å². The van der Waals surface area contributed by atoms with Crippen molar-refractivity contribution >= 4 is 17.4 Å². The Morgan fingerprint density at radius 2 is 1.91 bits per heavy atom.